The minimum atomic E-state index is 0.229. The molecule has 1 amide bonds. The number of piperidine rings is 1. The summed E-state index contributed by atoms with van der Waals surface area (Å²) in [6.45, 7) is 5.83. The highest BCUT2D eigenvalue weighted by Gasteiger charge is 2.16. The Hall–Kier alpha value is -0.530. The van der Waals surface area contributed by atoms with Crippen LogP contribution in [0.4, 0.5) is 0 Å². The van der Waals surface area contributed by atoms with Gasteiger partial charge in [0.25, 0.3) is 0 Å². The Bertz CT molecular complexity index is 125. The highest BCUT2D eigenvalue weighted by molar-refractivity contribution is 5.73. The molecule has 0 bridgehead atoms. The van der Waals surface area contributed by atoms with Gasteiger partial charge >= 0.3 is 0 Å². The lowest BCUT2D eigenvalue weighted by molar-refractivity contribution is -0.130. The summed E-state index contributed by atoms with van der Waals surface area (Å²) in [7, 11) is 0. The lowest BCUT2D eigenvalue weighted by Crippen LogP contribution is -2.36. The van der Waals surface area contributed by atoms with Crippen LogP contribution in [-0.2, 0) is 4.79 Å². The summed E-state index contributed by atoms with van der Waals surface area (Å²) in [6, 6.07) is 0. The molecule has 0 aromatic rings. The van der Waals surface area contributed by atoms with Gasteiger partial charge in [0, 0.05) is 20.0 Å². The van der Waals surface area contributed by atoms with Crippen molar-refractivity contribution in [3.63, 3.8) is 0 Å². The van der Waals surface area contributed by atoms with Gasteiger partial charge in [-0.25, -0.2) is 0 Å². The first-order chi connectivity index (χ1) is 4.70. The fourth-order valence-electron chi connectivity index (χ4n) is 1.32. The molecule has 58 valence electrons. The van der Waals surface area contributed by atoms with E-state index in [2.05, 4.69) is 6.92 Å². The summed E-state index contributed by atoms with van der Waals surface area (Å²) in [6.07, 6.45) is 2.36. The molecule has 1 fully saturated rings. The number of amides is 1. The Kier molecular flexibility index (Phi) is 2.30. The minimum absolute atomic E-state index is 0.229. The summed E-state index contributed by atoms with van der Waals surface area (Å²) in [5, 5.41) is 0. The molecule has 0 radical (unpaired) electrons. The molecule has 2 nitrogen and oxygen atoms in total. The second-order valence-corrected chi connectivity index (χ2v) is 3.19. The standard InChI is InChI=1S/C8H15NO/c1-7-3-5-9(6-4-7)8(2)10/h7H,3-6H2,1-2H3. The lowest BCUT2D eigenvalue weighted by atomic mass is 9.99. The van der Waals surface area contributed by atoms with Crippen molar-refractivity contribution in [3.05, 3.63) is 0 Å². The van der Waals surface area contributed by atoms with E-state index in [-0.39, 0.29) is 5.91 Å². The molecule has 0 unspecified atom stereocenters. The zero-order valence-electron chi connectivity index (χ0n) is 6.76. The summed E-state index contributed by atoms with van der Waals surface area (Å²) < 4.78 is 0. The third-order valence-corrected chi connectivity index (χ3v) is 2.23. The molecule has 0 atom stereocenters. The van der Waals surface area contributed by atoms with Gasteiger partial charge in [-0.1, -0.05) is 6.92 Å². The van der Waals surface area contributed by atoms with Crippen molar-refractivity contribution in [1.82, 2.24) is 4.90 Å². The molecule has 1 aliphatic heterocycles. The minimum Gasteiger partial charge on any atom is -0.343 e. The average Bonchev–Trinajstić information content (AvgIpc) is 1.88. The van der Waals surface area contributed by atoms with Crippen LogP contribution in [0.2, 0.25) is 0 Å². The molecule has 0 aromatic carbocycles. The van der Waals surface area contributed by atoms with E-state index in [1.165, 1.54) is 12.8 Å². The van der Waals surface area contributed by atoms with E-state index in [0.29, 0.717) is 0 Å². The summed E-state index contributed by atoms with van der Waals surface area (Å²) >= 11 is 0. The molecule has 0 aromatic heterocycles. The first kappa shape index (κ1) is 7.58. The van der Waals surface area contributed by atoms with Crippen LogP contribution < -0.4 is 0 Å². The van der Waals surface area contributed by atoms with Crippen LogP contribution >= 0.6 is 0 Å². The predicted molar refractivity (Wildman–Crippen MR) is 40.7 cm³/mol. The molecule has 0 saturated carbocycles. The number of hydrogen-bond donors (Lipinski definition) is 0. The van der Waals surface area contributed by atoms with Crippen LogP contribution in [0.25, 0.3) is 0 Å². The van der Waals surface area contributed by atoms with E-state index in [1.807, 2.05) is 4.90 Å². The zero-order valence-corrected chi connectivity index (χ0v) is 6.76. The zero-order chi connectivity index (χ0) is 7.56. The molecular formula is C8H15NO. The average molecular weight is 141 g/mol. The van der Waals surface area contributed by atoms with Crippen LogP contribution in [0.3, 0.4) is 0 Å². The first-order valence-electron chi connectivity index (χ1n) is 3.95. The summed E-state index contributed by atoms with van der Waals surface area (Å²) in [5.74, 6) is 1.04. The van der Waals surface area contributed by atoms with Crippen LogP contribution in [0.15, 0.2) is 0 Å². The number of nitrogens with zero attached hydrogens (tertiary/aromatic N) is 1. The first-order valence-corrected chi connectivity index (χ1v) is 3.95. The fraction of sp³-hybridized carbons (Fsp3) is 0.875. The smallest absolute Gasteiger partial charge is 0.219 e. The highest BCUT2D eigenvalue weighted by Crippen LogP contribution is 2.15. The number of hydrogen-bond acceptors (Lipinski definition) is 1. The maximum Gasteiger partial charge on any atom is 0.219 e. The fourth-order valence-corrected chi connectivity index (χ4v) is 1.32. The molecule has 1 aliphatic rings. The Morgan fingerprint density at radius 1 is 1.40 bits per heavy atom. The molecule has 10 heavy (non-hydrogen) atoms. The van der Waals surface area contributed by atoms with Crippen LogP contribution in [0, 0.1) is 5.92 Å². The van der Waals surface area contributed by atoms with Crippen molar-refractivity contribution >= 4 is 5.91 Å². The van der Waals surface area contributed by atoms with Gasteiger partial charge in [-0.15, -0.1) is 0 Å². The van der Waals surface area contributed by atoms with Crippen LogP contribution in [0.5, 0.6) is 0 Å². The van der Waals surface area contributed by atoms with Gasteiger partial charge in [-0.3, -0.25) is 4.79 Å². The van der Waals surface area contributed by atoms with Crippen molar-refractivity contribution in [2.24, 2.45) is 5.92 Å². The third kappa shape index (κ3) is 1.72. The van der Waals surface area contributed by atoms with Crippen molar-refractivity contribution < 1.29 is 4.79 Å². The Morgan fingerprint density at radius 3 is 2.30 bits per heavy atom. The van der Waals surface area contributed by atoms with Crippen molar-refractivity contribution in [2.45, 2.75) is 26.7 Å². The van der Waals surface area contributed by atoms with Gasteiger partial charge in [0.15, 0.2) is 0 Å². The highest BCUT2D eigenvalue weighted by atomic mass is 16.2. The number of rotatable bonds is 0. The maximum atomic E-state index is 10.8. The van der Waals surface area contributed by atoms with Gasteiger partial charge in [0.1, 0.15) is 0 Å². The monoisotopic (exact) mass is 141 g/mol. The number of carbonyl (C=O) groups excluding carboxylic acids is 1. The molecule has 1 rings (SSSR count). The molecule has 0 spiro atoms. The largest absolute Gasteiger partial charge is 0.343 e. The van der Waals surface area contributed by atoms with Crippen LogP contribution in [-0.4, -0.2) is 23.9 Å². The second kappa shape index (κ2) is 3.04. The Balaban J connectivity index is 2.33. The van der Waals surface area contributed by atoms with Crippen LogP contribution in [0.1, 0.15) is 26.7 Å². The molecule has 2 heteroatoms. The lowest BCUT2D eigenvalue weighted by Gasteiger charge is -2.29. The molecule has 1 heterocycles. The third-order valence-electron chi connectivity index (χ3n) is 2.23. The quantitative estimate of drug-likeness (QED) is 0.497. The molecular weight excluding hydrogens is 126 g/mol. The van der Waals surface area contributed by atoms with E-state index in [0.717, 1.165) is 19.0 Å². The predicted octanol–water partition coefficient (Wildman–Crippen LogP) is 1.26. The van der Waals surface area contributed by atoms with Crippen molar-refractivity contribution in [3.8, 4) is 0 Å². The number of likely N-dealkylation sites (tertiary alicyclic amines) is 1. The van der Waals surface area contributed by atoms with Crippen molar-refractivity contribution in [1.29, 1.82) is 0 Å². The van der Waals surface area contributed by atoms with E-state index in [9.17, 15) is 4.79 Å². The van der Waals surface area contributed by atoms with Crippen molar-refractivity contribution in [2.75, 3.05) is 13.1 Å². The topological polar surface area (TPSA) is 20.3 Å². The Labute approximate surface area is 62.2 Å². The second-order valence-electron chi connectivity index (χ2n) is 3.19. The molecule has 1 saturated heterocycles. The van der Waals surface area contributed by atoms with Gasteiger partial charge < -0.3 is 4.90 Å². The molecule has 0 aliphatic carbocycles. The van der Waals surface area contributed by atoms with Gasteiger partial charge in [-0.2, -0.15) is 0 Å². The maximum absolute atomic E-state index is 10.8. The number of carbonyl (C=O) groups is 1. The van der Waals surface area contributed by atoms with E-state index in [1.54, 1.807) is 6.92 Å². The normalized spacial score (nSPS) is 21.2. The van der Waals surface area contributed by atoms with E-state index < -0.39 is 0 Å². The summed E-state index contributed by atoms with van der Waals surface area (Å²) in [5.41, 5.74) is 0. The van der Waals surface area contributed by atoms with Gasteiger partial charge in [0.05, 0.1) is 0 Å². The SMILES string of the molecule is CC(=O)N1CCC(C)CC1. The van der Waals surface area contributed by atoms with Gasteiger partial charge in [-0.05, 0) is 18.8 Å². The van der Waals surface area contributed by atoms with E-state index >= 15 is 0 Å². The summed E-state index contributed by atoms with van der Waals surface area (Å²) in [4.78, 5) is 12.8. The Morgan fingerprint density at radius 2 is 1.90 bits per heavy atom. The molecule has 0 N–H and O–H groups in total. The van der Waals surface area contributed by atoms with E-state index in [4.69, 9.17) is 0 Å². The van der Waals surface area contributed by atoms with Gasteiger partial charge in [0.2, 0.25) is 5.91 Å².